The Labute approximate surface area is 198 Å². The Morgan fingerprint density at radius 1 is 1.32 bits per heavy atom. The predicted octanol–water partition coefficient (Wildman–Crippen LogP) is 4.59. The number of fused-ring (bicyclic) bond motifs is 1. The van der Waals surface area contributed by atoms with Crippen molar-refractivity contribution in [2.24, 2.45) is 0 Å². The van der Waals surface area contributed by atoms with Crippen LogP contribution in [0, 0.1) is 11.3 Å². The van der Waals surface area contributed by atoms with Gasteiger partial charge in [0.2, 0.25) is 5.82 Å². The summed E-state index contributed by atoms with van der Waals surface area (Å²) in [7, 11) is 1.41. The molecule has 1 aliphatic rings. The van der Waals surface area contributed by atoms with E-state index in [0.29, 0.717) is 35.0 Å². The number of hydrogen-bond acceptors (Lipinski definition) is 8. The molecule has 0 radical (unpaired) electrons. The molecule has 34 heavy (non-hydrogen) atoms. The molecule has 0 fully saturated rings. The van der Waals surface area contributed by atoms with Crippen LogP contribution in [0.1, 0.15) is 55.8 Å². The van der Waals surface area contributed by atoms with Crippen LogP contribution >= 0.6 is 0 Å². The van der Waals surface area contributed by atoms with E-state index in [2.05, 4.69) is 27.6 Å². The Morgan fingerprint density at radius 3 is 2.94 bits per heavy atom. The summed E-state index contributed by atoms with van der Waals surface area (Å²) >= 11 is 0. The number of methoxy groups -OCH3 is 1. The van der Waals surface area contributed by atoms with Gasteiger partial charge in [0.25, 0.3) is 5.89 Å². The first-order valence-electron chi connectivity index (χ1n) is 11.5. The molecule has 0 amide bonds. The largest absolute Gasteiger partial charge is 0.490 e. The molecule has 1 atom stereocenters. The summed E-state index contributed by atoms with van der Waals surface area (Å²) in [6.07, 6.45) is 2.99. The van der Waals surface area contributed by atoms with Gasteiger partial charge in [-0.25, -0.2) is 0 Å². The third kappa shape index (κ3) is 5.10. The van der Waals surface area contributed by atoms with Gasteiger partial charge in [-0.15, -0.1) is 0 Å². The standard InChI is InChI=1S/C26H28N4O4/c1-16(2)33-23-12-9-17(14-18(23)15-27)26-29-25(30-34-26)21-7-4-6-20-19(21)10-11-22(20)28-13-5-8-24(31)32-3/h4,6-7,9,12,14,16,22,28H,5,8,10-11,13H2,1-3H3/t22-/m0/s1. The zero-order valence-corrected chi connectivity index (χ0v) is 19.6. The first-order chi connectivity index (χ1) is 16.5. The smallest absolute Gasteiger partial charge is 0.305 e. The lowest BCUT2D eigenvalue weighted by Gasteiger charge is -2.14. The number of hydrogen-bond donors (Lipinski definition) is 1. The van der Waals surface area contributed by atoms with Crippen molar-refractivity contribution in [2.45, 2.75) is 51.7 Å². The van der Waals surface area contributed by atoms with Crippen molar-refractivity contribution in [3.8, 4) is 34.7 Å². The first-order valence-corrected chi connectivity index (χ1v) is 11.5. The number of esters is 1. The van der Waals surface area contributed by atoms with E-state index in [1.54, 1.807) is 12.1 Å². The Morgan fingerprint density at radius 2 is 2.18 bits per heavy atom. The second kappa shape index (κ2) is 10.5. The van der Waals surface area contributed by atoms with Crippen molar-refractivity contribution in [3.63, 3.8) is 0 Å². The molecule has 1 heterocycles. The molecule has 0 bridgehead atoms. The fourth-order valence-corrected chi connectivity index (χ4v) is 4.24. The SMILES string of the molecule is COC(=O)CCCN[C@H]1CCc2c(-c3noc(-c4ccc(OC(C)C)c(C#N)c4)n3)cccc21. The fourth-order valence-electron chi connectivity index (χ4n) is 4.24. The van der Waals surface area contributed by atoms with Crippen LogP contribution in [0.4, 0.5) is 0 Å². The second-order valence-corrected chi connectivity index (χ2v) is 8.51. The average Bonchev–Trinajstić information content (AvgIpc) is 3.49. The summed E-state index contributed by atoms with van der Waals surface area (Å²) in [5.74, 6) is 1.23. The molecule has 1 aliphatic carbocycles. The van der Waals surface area contributed by atoms with Gasteiger partial charge in [-0.3, -0.25) is 4.79 Å². The fraction of sp³-hybridized carbons (Fsp3) is 0.385. The molecule has 0 unspecified atom stereocenters. The molecule has 0 spiro atoms. The van der Waals surface area contributed by atoms with Crippen LogP contribution in [-0.4, -0.2) is 35.9 Å². The molecule has 8 nitrogen and oxygen atoms in total. The monoisotopic (exact) mass is 460 g/mol. The summed E-state index contributed by atoms with van der Waals surface area (Å²) in [5, 5.41) is 17.3. The number of nitriles is 1. The quantitative estimate of drug-likeness (QED) is 0.365. The number of benzene rings is 2. The molecule has 0 saturated heterocycles. The van der Waals surface area contributed by atoms with Gasteiger partial charge >= 0.3 is 5.97 Å². The van der Waals surface area contributed by atoms with Gasteiger partial charge in [-0.1, -0.05) is 23.4 Å². The Hall–Kier alpha value is -3.70. The molecular formula is C26H28N4O4. The molecule has 8 heteroatoms. The molecule has 0 aliphatic heterocycles. The van der Waals surface area contributed by atoms with Crippen LogP contribution in [0.3, 0.4) is 0 Å². The summed E-state index contributed by atoms with van der Waals surface area (Å²) in [4.78, 5) is 15.9. The highest BCUT2D eigenvalue weighted by molar-refractivity contribution is 5.69. The van der Waals surface area contributed by atoms with Gasteiger partial charge in [-0.05, 0) is 69.0 Å². The number of nitrogens with one attached hydrogen (secondary N) is 1. The van der Waals surface area contributed by atoms with Crippen molar-refractivity contribution < 1.29 is 18.8 Å². The van der Waals surface area contributed by atoms with Crippen molar-refractivity contribution in [3.05, 3.63) is 53.1 Å². The second-order valence-electron chi connectivity index (χ2n) is 8.51. The van der Waals surface area contributed by atoms with Gasteiger partial charge in [0.15, 0.2) is 0 Å². The molecule has 4 rings (SSSR count). The molecule has 0 saturated carbocycles. The van der Waals surface area contributed by atoms with Crippen molar-refractivity contribution in [1.29, 1.82) is 5.26 Å². The summed E-state index contributed by atoms with van der Waals surface area (Å²) in [6, 6.07) is 13.8. The van der Waals surface area contributed by atoms with E-state index in [9.17, 15) is 10.1 Å². The number of carbonyl (C=O) groups excluding carboxylic acids is 1. The first kappa shape index (κ1) is 23.5. The highest BCUT2D eigenvalue weighted by Crippen LogP contribution is 2.37. The van der Waals surface area contributed by atoms with Crippen molar-refractivity contribution in [1.82, 2.24) is 15.5 Å². The summed E-state index contributed by atoms with van der Waals surface area (Å²) < 4.78 is 15.9. The molecule has 3 aromatic rings. The Kier molecular flexibility index (Phi) is 7.24. The van der Waals surface area contributed by atoms with E-state index < -0.39 is 0 Å². The number of carbonyl (C=O) groups is 1. The van der Waals surface area contributed by atoms with E-state index in [1.807, 2.05) is 32.0 Å². The third-order valence-electron chi connectivity index (χ3n) is 5.82. The van der Waals surface area contributed by atoms with Crippen LogP contribution in [0.15, 0.2) is 40.9 Å². The third-order valence-corrected chi connectivity index (χ3v) is 5.82. The molecule has 176 valence electrons. The van der Waals surface area contributed by atoms with Crippen LogP contribution in [-0.2, 0) is 16.0 Å². The average molecular weight is 461 g/mol. The van der Waals surface area contributed by atoms with Crippen LogP contribution in [0.5, 0.6) is 5.75 Å². The van der Waals surface area contributed by atoms with Crippen molar-refractivity contribution in [2.75, 3.05) is 13.7 Å². The maximum Gasteiger partial charge on any atom is 0.305 e. The number of rotatable bonds is 9. The zero-order chi connectivity index (χ0) is 24.1. The molecule has 1 N–H and O–H groups in total. The highest BCUT2D eigenvalue weighted by atomic mass is 16.5. The van der Waals surface area contributed by atoms with E-state index in [0.717, 1.165) is 31.4 Å². The maximum absolute atomic E-state index is 11.3. The zero-order valence-electron chi connectivity index (χ0n) is 19.6. The molecular weight excluding hydrogens is 432 g/mol. The summed E-state index contributed by atoms with van der Waals surface area (Å²) in [6.45, 7) is 4.58. The van der Waals surface area contributed by atoms with Crippen molar-refractivity contribution >= 4 is 5.97 Å². The number of nitrogens with zero attached hydrogens (tertiary/aromatic N) is 3. The number of aromatic nitrogens is 2. The van der Waals surface area contributed by atoms with Gasteiger partial charge in [0.1, 0.15) is 11.8 Å². The maximum atomic E-state index is 11.3. The lowest BCUT2D eigenvalue weighted by Crippen LogP contribution is -2.21. The summed E-state index contributed by atoms with van der Waals surface area (Å²) in [5.41, 5.74) is 4.48. The minimum absolute atomic E-state index is 0.0284. The van der Waals surface area contributed by atoms with Gasteiger partial charge in [-0.2, -0.15) is 10.2 Å². The van der Waals surface area contributed by atoms with Gasteiger partial charge in [0.05, 0.1) is 18.8 Å². The van der Waals surface area contributed by atoms with Crippen LogP contribution < -0.4 is 10.1 Å². The van der Waals surface area contributed by atoms with E-state index in [1.165, 1.54) is 18.2 Å². The van der Waals surface area contributed by atoms with Gasteiger partial charge in [0, 0.05) is 23.6 Å². The van der Waals surface area contributed by atoms with E-state index in [-0.39, 0.29) is 18.1 Å². The lowest BCUT2D eigenvalue weighted by atomic mass is 10.0. The van der Waals surface area contributed by atoms with Crippen LogP contribution in [0.25, 0.3) is 22.8 Å². The molecule has 1 aromatic heterocycles. The predicted molar refractivity (Wildman–Crippen MR) is 126 cm³/mol. The minimum atomic E-state index is -0.187. The topological polar surface area (TPSA) is 110 Å². The van der Waals surface area contributed by atoms with E-state index in [4.69, 9.17) is 14.0 Å². The Balaban J connectivity index is 1.51. The normalized spacial score (nSPS) is 14.6. The minimum Gasteiger partial charge on any atom is -0.490 e. The number of ether oxygens (including phenoxy) is 2. The van der Waals surface area contributed by atoms with E-state index >= 15 is 0 Å². The molecule has 2 aromatic carbocycles. The Bertz CT molecular complexity index is 1210. The lowest BCUT2D eigenvalue weighted by molar-refractivity contribution is -0.140. The van der Waals surface area contributed by atoms with Gasteiger partial charge < -0.3 is 19.3 Å². The van der Waals surface area contributed by atoms with Crippen LogP contribution in [0.2, 0.25) is 0 Å². The highest BCUT2D eigenvalue weighted by Gasteiger charge is 2.26.